The smallest absolute Gasteiger partial charge is 0.306 e. The minimum Gasteiger partial charge on any atom is -0.465 e. The number of carbonyl (C=O) groups is 1. The van der Waals surface area contributed by atoms with Gasteiger partial charge >= 0.3 is 5.97 Å². The molecule has 0 aromatic carbocycles. The average Bonchev–Trinajstić information content (AvgIpc) is 3.35. The van der Waals surface area contributed by atoms with Gasteiger partial charge in [0.05, 0.1) is 24.9 Å². The molecule has 5 rings (SSSR count). The van der Waals surface area contributed by atoms with Crippen LogP contribution in [0, 0.1) is 17.3 Å². The molecule has 3 heterocycles. The second-order valence-electron chi connectivity index (χ2n) is 9.12. The van der Waals surface area contributed by atoms with Crippen LogP contribution in [0.3, 0.4) is 0 Å². The lowest BCUT2D eigenvalue weighted by Crippen LogP contribution is -2.28. The summed E-state index contributed by atoms with van der Waals surface area (Å²) in [6, 6.07) is 2.01. The Balaban J connectivity index is 1.27. The number of aryl methyl sites for hydroxylation is 1. The Bertz CT molecular complexity index is 878. The van der Waals surface area contributed by atoms with Gasteiger partial charge in [0.25, 0.3) is 0 Å². The van der Waals surface area contributed by atoms with Crippen molar-refractivity contribution < 1.29 is 9.53 Å². The number of ether oxygens (including phenoxy) is 1. The van der Waals surface area contributed by atoms with Crippen molar-refractivity contribution in [2.75, 3.05) is 6.61 Å². The van der Waals surface area contributed by atoms with Gasteiger partial charge in [-0.25, -0.2) is 9.97 Å². The molecule has 6 nitrogen and oxygen atoms in total. The van der Waals surface area contributed by atoms with Crippen molar-refractivity contribution in [3.05, 3.63) is 30.0 Å². The normalized spacial score (nSPS) is 27.3. The number of esters is 1. The van der Waals surface area contributed by atoms with Crippen LogP contribution in [0.2, 0.25) is 0 Å². The maximum absolute atomic E-state index is 11.5. The van der Waals surface area contributed by atoms with Crippen molar-refractivity contribution in [3.63, 3.8) is 0 Å². The second-order valence-corrected chi connectivity index (χ2v) is 9.12. The van der Waals surface area contributed by atoms with Crippen LogP contribution in [-0.4, -0.2) is 32.3 Å². The van der Waals surface area contributed by atoms with Crippen LogP contribution in [0.5, 0.6) is 0 Å². The molecule has 2 aromatic rings. The molecule has 0 amide bonds. The van der Waals surface area contributed by atoms with Crippen LogP contribution in [0.1, 0.15) is 56.5 Å². The van der Waals surface area contributed by atoms with E-state index < -0.39 is 0 Å². The monoisotopic (exact) mass is 380 g/mol. The van der Waals surface area contributed by atoms with Gasteiger partial charge in [-0.1, -0.05) is 0 Å². The Hall–Kier alpha value is -2.24. The molecular formula is C22H28N4O2. The maximum Gasteiger partial charge on any atom is 0.306 e. The quantitative estimate of drug-likeness (QED) is 0.743. The molecule has 6 heteroatoms. The first-order valence-corrected chi connectivity index (χ1v) is 10.6. The molecule has 3 aliphatic rings. The Morgan fingerprint density at radius 2 is 1.96 bits per heavy atom. The minimum atomic E-state index is -0.0204. The third kappa shape index (κ3) is 3.56. The van der Waals surface area contributed by atoms with Crippen LogP contribution in [0.25, 0.3) is 11.3 Å². The lowest BCUT2D eigenvalue weighted by molar-refractivity contribution is -0.137. The second kappa shape index (κ2) is 6.98. The van der Waals surface area contributed by atoms with Crippen molar-refractivity contribution >= 4 is 5.97 Å². The summed E-state index contributed by atoms with van der Waals surface area (Å²) in [6.45, 7) is 0.620. The molecule has 1 saturated heterocycles. The summed E-state index contributed by atoms with van der Waals surface area (Å²) in [5.41, 5.74) is 3.56. The highest BCUT2D eigenvalue weighted by Gasteiger charge is 2.43. The zero-order chi connectivity index (χ0) is 19.1. The Labute approximate surface area is 165 Å². The molecular weight excluding hydrogens is 352 g/mol. The summed E-state index contributed by atoms with van der Waals surface area (Å²) in [7, 11) is 2.03. The number of rotatable bonds is 5. The van der Waals surface area contributed by atoms with Gasteiger partial charge in [0.1, 0.15) is 5.82 Å². The van der Waals surface area contributed by atoms with Gasteiger partial charge in [-0.3, -0.25) is 9.48 Å². The topological polar surface area (TPSA) is 69.9 Å². The highest BCUT2D eigenvalue weighted by molar-refractivity contribution is 5.72. The number of hydrogen-bond donors (Lipinski definition) is 0. The summed E-state index contributed by atoms with van der Waals surface area (Å²) < 4.78 is 7.24. The first-order chi connectivity index (χ1) is 13.6. The van der Waals surface area contributed by atoms with Gasteiger partial charge < -0.3 is 4.74 Å². The van der Waals surface area contributed by atoms with Crippen molar-refractivity contribution in [1.82, 2.24) is 19.7 Å². The Morgan fingerprint density at radius 3 is 2.68 bits per heavy atom. The fourth-order valence-electron chi connectivity index (χ4n) is 4.88. The lowest BCUT2D eigenvalue weighted by Gasteiger charge is -2.34. The van der Waals surface area contributed by atoms with E-state index in [0.717, 1.165) is 61.5 Å². The average molecular weight is 380 g/mol. The summed E-state index contributed by atoms with van der Waals surface area (Å²) in [5, 5.41) is 4.48. The van der Waals surface area contributed by atoms with E-state index in [-0.39, 0.29) is 11.4 Å². The van der Waals surface area contributed by atoms with Gasteiger partial charge in [0.2, 0.25) is 0 Å². The highest BCUT2D eigenvalue weighted by Crippen LogP contribution is 2.45. The molecule has 0 bridgehead atoms. The number of aromatic nitrogens is 4. The summed E-state index contributed by atoms with van der Waals surface area (Å²) in [4.78, 5) is 21.0. The number of cyclic esters (lactones) is 1. The highest BCUT2D eigenvalue weighted by atomic mass is 16.5. The van der Waals surface area contributed by atoms with Crippen LogP contribution < -0.4 is 0 Å². The van der Waals surface area contributed by atoms with Crippen LogP contribution in [-0.2, 0) is 29.4 Å². The molecule has 28 heavy (non-hydrogen) atoms. The molecule has 1 spiro atoms. The summed E-state index contributed by atoms with van der Waals surface area (Å²) in [5.74, 6) is 2.32. The molecule has 0 N–H and O–H groups in total. The lowest BCUT2D eigenvalue weighted by atomic mass is 9.69. The van der Waals surface area contributed by atoms with Gasteiger partial charge in [0, 0.05) is 36.3 Å². The van der Waals surface area contributed by atoms with E-state index >= 15 is 0 Å². The first kappa shape index (κ1) is 17.8. The molecule has 2 aromatic heterocycles. The maximum atomic E-state index is 11.5. The summed E-state index contributed by atoms with van der Waals surface area (Å²) >= 11 is 0. The van der Waals surface area contributed by atoms with Gasteiger partial charge in [-0.15, -0.1) is 0 Å². The fourth-order valence-corrected chi connectivity index (χ4v) is 4.88. The van der Waals surface area contributed by atoms with Gasteiger partial charge in [-0.2, -0.15) is 5.10 Å². The number of hydrogen-bond acceptors (Lipinski definition) is 5. The molecule has 0 unspecified atom stereocenters. The zero-order valence-corrected chi connectivity index (χ0v) is 16.6. The fraction of sp³-hybridized carbons (Fsp3) is 0.636. The Morgan fingerprint density at radius 1 is 1.18 bits per heavy atom. The predicted molar refractivity (Wildman–Crippen MR) is 104 cm³/mol. The summed E-state index contributed by atoms with van der Waals surface area (Å²) in [6.07, 6.45) is 13.5. The van der Waals surface area contributed by atoms with E-state index in [1.165, 1.54) is 18.5 Å². The van der Waals surface area contributed by atoms with Gasteiger partial charge in [-0.05, 0) is 62.8 Å². The van der Waals surface area contributed by atoms with Crippen molar-refractivity contribution in [2.24, 2.45) is 24.3 Å². The Kier molecular flexibility index (Phi) is 4.44. The van der Waals surface area contributed by atoms with Crippen molar-refractivity contribution in [3.8, 4) is 11.3 Å². The third-order valence-corrected chi connectivity index (χ3v) is 6.92. The largest absolute Gasteiger partial charge is 0.465 e. The molecule has 2 aliphatic carbocycles. The first-order valence-electron chi connectivity index (χ1n) is 10.6. The third-order valence-electron chi connectivity index (χ3n) is 6.92. The molecule has 148 valence electrons. The molecule has 0 atom stereocenters. The molecule has 0 radical (unpaired) electrons. The van der Waals surface area contributed by atoms with E-state index in [4.69, 9.17) is 9.72 Å². The van der Waals surface area contributed by atoms with E-state index in [1.54, 1.807) is 0 Å². The van der Waals surface area contributed by atoms with Crippen LogP contribution in [0.15, 0.2) is 18.5 Å². The minimum absolute atomic E-state index is 0.0204. The van der Waals surface area contributed by atoms with Gasteiger partial charge in [0.15, 0.2) is 0 Å². The van der Waals surface area contributed by atoms with Crippen molar-refractivity contribution in [2.45, 2.75) is 57.8 Å². The number of carbonyl (C=O) groups excluding carboxylic acids is 1. The van der Waals surface area contributed by atoms with Crippen LogP contribution >= 0.6 is 0 Å². The van der Waals surface area contributed by atoms with E-state index in [0.29, 0.717) is 18.9 Å². The van der Waals surface area contributed by atoms with Crippen LogP contribution in [0.4, 0.5) is 0 Å². The standard InChI is InChI=1S/C22H28N4O2/c1-26-19(10-15-2-3-15)17(13-24-26)18-6-9-23-20(25-18)11-16-4-7-22(8-5-16)12-21(27)28-14-22/h6,9,13,15-16H,2-5,7-8,10-12,14H2,1H3. The molecule has 1 aliphatic heterocycles. The predicted octanol–water partition coefficient (Wildman–Crippen LogP) is 3.50. The SMILES string of the molecule is Cn1ncc(-c2ccnc(CC3CCC4(CC3)COC(=O)C4)n2)c1CC1CC1. The molecule has 2 saturated carbocycles. The van der Waals surface area contributed by atoms with E-state index in [1.807, 2.05) is 30.2 Å². The van der Waals surface area contributed by atoms with E-state index in [2.05, 4.69) is 10.1 Å². The number of nitrogens with zero attached hydrogens (tertiary/aromatic N) is 4. The van der Waals surface area contributed by atoms with E-state index in [9.17, 15) is 4.79 Å². The molecule has 3 fully saturated rings. The van der Waals surface area contributed by atoms with Crippen molar-refractivity contribution in [1.29, 1.82) is 0 Å². The zero-order valence-electron chi connectivity index (χ0n) is 16.6.